The molecule has 6 nitrogen and oxygen atoms in total. The van der Waals surface area contributed by atoms with Crippen molar-refractivity contribution in [3.05, 3.63) is 30.3 Å². The van der Waals surface area contributed by atoms with Crippen LogP contribution in [-0.4, -0.2) is 68.3 Å². The number of halogens is 3. The molecule has 1 aromatic rings. The summed E-state index contributed by atoms with van der Waals surface area (Å²) in [6, 6.07) is 10.6. The number of ether oxygens (including phenoxy) is 1. The number of piperazine rings is 1. The number of anilines is 1. The Balaban J connectivity index is 0.00000243. The van der Waals surface area contributed by atoms with Crippen molar-refractivity contribution in [2.75, 3.05) is 50.8 Å². The van der Waals surface area contributed by atoms with Crippen LogP contribution >= 0.6 is 37.2 Å². The molecule has 0 bridgehead atoms. The molecule has 2 aliphatic rings. The molecule has 1 amide bonds. The average Bonchev–Trinajstić information content (AvgIpc) is 2.63. The Hall–Kier alpha value is -0.760. The van der Waals surface area contributed by atoms with Gasteiger partial charge in [-0.1, -0.05) is 18.2 Å². The second-order valence-corrected chi connectivity index (χ2v) is 7.27. The number of nitrogens with two attached hydrogens (primary N) is 1. The normalized spacial score (nSPS) is 20.0. The van der Waals surface area contributed by atoms with E-state index in [9.17, 15) is 4.79 Å². The summed E-state index contributed by atoms with van der Waals surface area (Å²) in [5, 5.41) is 3.11. The van der Waals surface area contributed by atoms with E-state index < -0.39 is 5.54 Å². The fraction of sp³-hybridized carbons (Fsp3) is 0.632. The summed E-state index contributed by atoms with van der Waals surface area (Å²) in [7, 11) is 0. The molecule has 0 aliphatic carbocycles. The Morgan fingerprint density at radius 2 is 1.68 bits per heavy atom. The second kappa shape index (κ2) is 12.7. The maximum atomic E-state index is 12.5. The first-order valence-electron chi connectivity index (χ1n) is 9.27. The highest BCUT2D eigenvalue weighted by molar-refractivity contribution is 5.86. The first-order valence-corrected chi connectivity index (χ1v) is 9.27. The van der Waals surface area contributed by atoms with Gasteiger partial charge in [0.05, 0.1) is 5.54 Å². The summed E-state index contributed by atoms with van der Waals surface area (Å²) in [6.07, 6.45) is 1.20. The van der Waals surface area contributed by atoms with Gasteiger partial charge in [0.2, 0.25) is 5.91 Å². The number of carbonyl (C=O) groups excluding carboxylic acids is 1. The van der Waals surface area contributed by atoms with E-state index in [1.807, 2.05) is 6.07 Å². The Morgan fingerprint density at radius 3 is 2.25 bits per heavy atom. The molecule has 1 atom stereocenters. The minimum absolute atomic E-state index is 0. The van der Waals surface area contributed by atoms with Crippen LogP contribution < -0.4 is 16.0 Å². The van der Waals surface area contributed by atoms with Gasteiger partial charge in [-0.15, -0.1) is 37.2 Å². The van der Waals surface area contributed by atoms with Gasteiger partial charge in [0.1, 0.15) is 0 Å². The molecule has 1 unspecified atom stereocenters. The van der Waals surface area contributed by atoms with Gasteiger partial charge < -0.3 is 20.7 Å². The van der Waals surface area contributed by atoms with Gasteiger partial charge in [-0.3, -0.25) is 9.69 Å². The predicted molar refractivity (Wildman–Crippen MR) is 121 cm³/mol. The number of hydrogen-bond donors (Lipinski definition) is 2. The van der Waals surface area contributed by atoms with Crippen LogP contribution in [0.5, 0.6) is 0 Å². The van der Waals surface area contributed by atoms with Gasteiger partial charge in [-0.25, -0.2) is 0 Å². The lowest BCUT2D eigenvalue weighted by atomic mass is 9.90. The Kier molecular flexibility index (Phi) is 12.4. The third-order valence-electron chi connectivity index (χ3n) is 5.24. The van der Waals surface area contributed by atoms with Crippen LogP contribution in [0.4, 0.5) is 5.69 Å². The summed E-state index contributed by atoms with van der Waals surface area (Å²) >= 11 is 0. The first kappa shape index (κ1) is 27.2. The van der Waals surface area contributed by atoms with E-state index in [1.54, 1.807) is 0 Å². The van der Waals surface area contributed by atoms with Crippen molar-refractivity contribution >= 4 is 48.8 Å². The highest BCUT2D eigenvalue weighted by Crippen LogP contribution is 2.18. The maximum absolute atomic E-state index is 12.5. The zero-order chi connectivity index (χ0) is 17.7. The van der Waals surface area contributed by atoms with Crippen molar-refractivity contribution in [2.45, 2.75) is 31.3 Å². The minimum Gasteiger partial charge on any atom is -0.381 e. The number of carbonyl (C=O) groups is 1. The molecule has 2 heterocycles. The topological polar surface area (TPSA) is 70.8 Å². The van der Waals surface area contributed by atoms with Gasteiger partial charge >= 0.3 is 0 Å². The Bertz CT molecular complexity index is 566. The molecule has 0 radical (unpaired) electrons. The SMILES string of the molecule is CC(CN1CCN(c2ccccc2)CC1)NC(=O)C1(N)CCOCC1.Cl.Cl.Cl. The maximum Gasteiger partial charge on any atom is 0.240 e. The van der Waals surface area contributed by atoms with E-state index in [1.165, 1.54) is 5.69 Å². The number of rotatable bonds is 5. The molecule has 9 heteroatoms. The number of amides is 1. The molecule has 162 valence electrons. The van der Waals surface area contributed by atoms with Crippen molar-refractivity contribution in [1.29, 1.82) is 0 Å². The smallest absolute Gasteiger partial charge is 0.240 e. The molecule has 2 fully saturated rings. The summed E-state index contributed by atoms with van der Waals surface area (Å²) in [6.45, 7) is 8.11. The number of nitrogens with zero attached hydrogens (tertiary/aromatic N) is 2. The molecule has 3 N–H and O–H groups in total. The summed E-state index contributed by atoms with van der Waals surface area (Å²) in [5.41, 5.74) is 6.77. The van der Waals surface area contributed by atoms with Crippen LogP contribution in [0, 0.1) is 0 Å². The highest BCUT2D eigenvalue weighted by Gasteiger charge is 2.36. The molecule has 2 aliphatic heterocycles. The van der Waals surface area contributed by atoms with Gasteiger partial charge in [0, 0.05) is 57.7 Å². The first-order chi connectivity index (χ1) is 12.1. The van der Waals surface area contributed by atoms with E-state index in [2.05, 4.69) is 46.3 Å². The van der Waals surface area contributed by atoms with Crippen molar-refractivity contribution < 1.29 is 9.53 Å². The van der Waals surface area contributed by atoms with Crippen molar-refractivity contribution in [1.82, 2.24) is 10.2 Å². The molecule has 0 aromatic heterocycles. The number of hydrogen-bond acceptors (Lipinski definition) is 5. The Morgan fingerprint density at radius 1 is 1.11 bits per heavy atom. The molecular formula is C19H33Cl3N4O2. The van der Waals surface area contributed by atoms with E-state index in [-0.39, 0.29) is 49.2 Å². The monoisotopic (exact) mass is 454 g/mol. The fourth-order valence-corrected chi connectivity index (χ4v) is 3.59. The van der Waals surface area contributed by atoms with Crippen LogP contribution in [0.2, 0.25) is 0 Å². The predicted octanol–water partition coefficient (Wildman–Crippen LogP) is 2.09. The number of benzene rings is 1. The fourth-order valence-electron chi connectivity index (χ4n) is 3.59. The van der Waals surface area contributed by atoms with E-state index in [4.69, 9.17) is 10.5 Å². The number of nitrogens with one attached hydrogen (secondary N) is 1. The summed E-state index contributed by atoms with van der Waals surface area (Å²) < 4.78 is 5.32. The zero-order valence-electron chi connectivity index (χ0n) is 16.3. The van der Waals surface area contributed by atoms with Crippen LogP contribution in [0.3, 0.4) is 0 Å². The molecule has 1 aromatic carbocycles. The van der Waals surface area contributed by atoms with Crippen molar-refractivity contribution in [3.63, 3.8) is 0 Å². The lowest BCUT2D eigenvalue weighted by molar-refractivity contribution is -0.130. The van der Waals surface area contributed by atoms with E-state index in [0.717, 1.165) is 32.7 Å². The second-order valence-electron chi connectivity index (χ2n) is 7.27. The van der Waals surface area contributed by atoms with Gasteiger partial charge in [-0.2, -0.15) is 0 Å². The molecular weight excluding hydrogens is 423 g/mol. The largest absolute Gasteiger partial charge is 0.381 e. The van der Waals surface area contributed by atoms with Crippen LogP contribution in [0.25, 0.3) is 0 Å². The standard InChI is InChI=1S/C19H30N4O2.3ClH/c1-16(21-18(24)19(20)7-13-25-14-8-19)15-22-9-11-23(12-10-22)17-5-3-2-4-6-17;;;/h2-6,16H,7-15,20H2,1H3,(H,21,24);3*1H. The lowest BCUT2D eigenvalue weighted by Crippen LogP contribution is -2.60. The van der Waals surface area contributed by atoms with Crippen molar-refractivity contribution in [2.24, 2.45) is 5.73 Å². The molecule has 3 rings (SSSR count). The van der Waals surface area contributed by atoms with Crippen LogP contribution in [-0.2, 0) is 9.53 Å². The lowest BCUT2D eigenvalue weighted by Gasteiger charge is -2.38. The summed E-state index contributed by atoms with van der Waals surface area (Å²) in [4.78, 5) is 17.3. The van der Waals surface area contributed by atoms with Gasteiger partial charge in [-0.05, 0) is 31.9 Å². The molecule has 0 spiro atoms. The van der Waals surface area contributed by atoms with Gasteiger partial charge in [0.25, 0.3) is 0 Å². The molecule has 28 heavy (non-hydrogen) atoms. The summed E-state index contributed by atoms with van der Waals surface area (Å²) in [5.74, 6) is -0.0359. The zero-order valence-corrected chi connectivity index (χ0v) is 18.8. The molecule has 2 saturated heterocycles. The average molecular weight is 456 g/mol. The van der Waals surface area contributed by atoms with Gasteiger partial charge in [0.15, 0.2) is 0 Å². The molecule has 0 saturated carbocycles. The van der Waals surface area contributed by atoms with E-state index >= 15 is 0 Å². The minimum atomic E-state index is -0.765. The van der Waals surface area contributed by atoms with Crippen molar-refractivity contribution in [3.8, 4) is 0 Å². The third kappa shape index (κ3) is 7.25. The number of para-hydroxylation sites is 1. The van der Waals surface area contributed by atoms with E-state index in [0.29, 0.717) is 26.1 Å². The van der Waals surface area contributed by atoms with Crippen LogP contribution in [0.15, 0.2) is 30.3 Å². The quantitative estimate of drug-likeness (QED) is 0.711. The van der Waals surface area contributed by atoms with Crippen LogP contribution in [0.1, 0.15) is 19.8 Å². The third-order valence-corrected chi connectivity index (χ3v) is 5.24. The Labute approximate surface area is 186 Å². The highest BCUT2D eigenvalue weighted by atomic mass is 35.5.